The fourth-order valence-electron chi connectivity index (χ4n) is 3.35. The van der Waals surface area contributed by atoms with Gasteiger partial charge in [0.05, 0.1) is 6.61 Å². The highest BCUT2D eigenvalue weighted by Crippen LogP contribution is 2.41. The number of para-hydroxylation sites is 1. The lowest BCUT2D eigenvalue weighted by Crippen LogP contribution is -2.34. The lowest BCUT2D eigenvalue weighted by Gasteiger charge is -2.38. The Morgan fingerprint density at radius 1 is 1.00 bits per heavy atom. The Balaban J connectivity index is 1.73. The number of benzene rings is 2. The molecule has 0 N–H and O–H groups in total. The largest absolute Gasteiger partial charge is 0.494 e. The standard InChI is InChI=1S/C19H21BrO/c20-15-19(13-14-21-17-9-2-1-3-10-17)12-6-8-16-7-4-5-11-18(16)19/h1-5,7,9-11H,6,8,12-15H2. The molecular weight excluding hydrogens is 324 g/mol. The van der Waals surface area contributed by atoms with Gasteiger partial charge >= 0.3 is 0 Å². The molecule has 0 amide bonds. The van der Waals surface area contributed by atoms with E-state index in [2.05, 4.69) is 40.2 Å². The van der Waals surface area contributed by atoms with Crippen LogP contribution in [0.1, 0.15) is 30.4 Å². The highest BCUT2D eigenvalue weighted by Gasteiger charge is 2.35. The fourth-order valence-corrected chi connectivity index (χ4v) is 4.22. The minimum Gasteiger partial charge on any atom is -0.494 e. The summed E-state index contributed by atoms with van der Waals surface area (Å²) in [6, 6.07) is 19.0. The molecule has 1 nitrogen and oxygen atoms in total. The lowest BCUT2D eigenvalue weighted by molar-refractivity contribution is 0.252. The summed E-state index contributed by atoms with van der Waals surface area (Å²) in [5, 5.41) is 1.01. The van der Waals surface area contributed by atoms with E-state index in [0.717, 1.165) is 24.1 Å². The third-order valence-corrected chi connectivity index (χ3v) is 5.61. The third-order valence-electron chi connectivity index (χ3n) is 4.54. The highest BCUT2D eigenvalue weighted by molar-refractivity contribution is 9.09. The zero-order chi connectivity index (χ0) is 14.5. The predicted octanol–water partition coefficient (Wildman–Crippen LogP) is 5.12. The average Bonchev–Trinajstić information content (AvgIpc) is 2.56. The van der Waals surface area contributed by atoms with E-state index in [9.17, 15) is 0 Å². The number of fused-ring (bicyclic) bond motifs is 1. The maximum atomic E-state index is 5.93. The van der Waals surface area contributed by atoms with Crippen molar-refractivity contribution in [3.63, 3.8) is 0 Å². The van der Waals surface area contributed by atoms with E-state index in [1.807, 2.05) is 30.3 Å². The minimum atomic E-state index is 0.226. The van der Waals surface area contributed by atoms with Gasteiger partial charge in [0.1, 0.15) is 5.75 Å². The van der Waals surface area contributed by atoms with Gasteiger partial charge in [-0.15, -0.1) is 0 Å². The molecule has 0 aromatic heterocycles. The monoisotopic (exact) mass is 344 g/mol. The average molecular weight is 345 g/mol. The van der Waals surface area contributed by atoms with Crippen LogP contribution in [0.15, 0.2) is 54.6 Å². The highest BCUT2D eigenvalue weighted by atomic mass is 79.9. The summed E-state index contributed by atoms with van der Waals surface area (Å²) < 4.78 is 5.93. The van der Waals surface area contributed by atoms with Gasteiger partial charge in [0, 0.05) is 10.7 Å². The summed E-state index contributed by atoms with van der Waals surface area (Å²) in [7, 11) is 0. The van der Waals surface area contributed by atoms with E-state index in [1.165, 1.54) is 30.4 Å². The molecule has 1 atom stereocenters. The number of halogens is 1. The van der Waals surface area contributed by atoms with Gasteiger partial charge in [-0.05, 0) is 48.9 Å². The molecule has 21 heavy (non-hydrogen) atoms. The quantitative estimate of drug-likeness (QED) is 0.683. The van der Waals surface area contributed by atoms with Gasteiger partial charge in [-0.2, -0.15) is 0 Å². The second-order valence-corrected chi connectivity index (χ2v) is 6.40. The normalized spacial score (nSPS) is 20.8. The summed E-state index contributed by atoms with van der Waals surface area (Å²) in [5.41, 5.74) is 3.26. The Hall–Kier alpha value is -1.28. The molecule has 0 spiro atoms. The van der Waals surface area contributed by atoms with Crippen molar-refractivity contribution in [3.8, 4) is 5.75 Å². The molecule has 0 heterocycles. The molecule has 0 saturated carbocycles. The molecule has 3 rings (SSSR count). The minimum absolute atomic E-state index is 0.226. The van der Waals surface area contributed by atoms with Gasteiger partial charge in [0.25, 0.3) is 0 Å². The number of hydrogen-bond donors (Lipinski definition) is 0. The molecule has 110 valence electrons. The van der Waals surface area contributed by atoms with E-state index in [4.69, 9.17) is 4.74 Å². The van der Waals surface area contributed by atoms with E-state index in [-0.39, 0.29) is 5.41 Å². The third kappa shape index (κ3) is 3.16. The van der Waals surface area contributed by atoms with Crippen LogP contribution in [0.2, 0.25) is 0 Å². The Kier molecular flexibility index (Phi) is 4.64. The predicted molar refractivity (Wildman–Crippen MR) is 91.4 cm³/mol. The van der Waals surface area contributed by atoms with Crippen molar-refractivity contribution >= 4 is 15.9 Å². The topological polar surface area (TPSA) is 9.23 Å². The molecule has 2 aromatic carbocycles. The van der Waals surface area contributed by atoms with Gasteiger partial charge in [-0.1, -0.05) is 58.4 Å². The van der Waals surface area contributed by atoms with Gasteiger partial charge in [0.15, 0.2) is 0 Å². The van der Waals surface area contributed by atoms with Crippen LogP contribution in [-0.4, -0.2) is 11.9 Å². The molecule has 0 radical (unpaired) electrons. The SMILES string of the molecule is BrCC1(CCOc2ccccc2)CCCc2ccccc21. The first kappa shape index (κ1) is 14.6. The van der Waals surface area contributed by atoms with Crippen LogP contribution in [0, 0.1) is 0 Å². The second-order valence-electron chi connectivity index (χ2n) is 5.84. The number of ether oxygens (including phenoxy) is 1. The fraction of sp³-hybridized carbons (Fsp3) is 0.368. The van der Waals surface area contributed by atoms with Crippen molar-refractivity contribution in [1.29, 1.82) is 0 Å². The van der Waals surface area contributed by atoms with Crippen LogP contribution in [0.25, 0.3) is 0 Å². The van der Waals surface area contributed by atoms with Crippen molar-refractivity contribution in [2.24, 2.45) is 0 Å². The van der Waals surface area contributed by atoms with E-state index in [1.54, 1.807) is 0 Å². The molecule has 0 fully saturated rings. The number of aryl methyl sites for hydroxylation is 1. The number of rotatable bonds is 5. The molecule has 0 saturated heterocycles. The van der Waals surface area contributed by atoms with Gasteiger partial charge in [0.2, 0.25) is 0 Å². The van der Waals surface area contributed by atoms with Crippen LogP contribution in [0.4, 0.5) is 0 Å². The molecule has 2 heteroatoms. The number of alkyl halides is 1. The van der Waals surface area contributed by atoms with Crippen molar-refractivity contribution in [3.05, 3.63) is 65.7 Å². The Bertz CT molecular complexity index is 581. The first-order chi connectivity index (χ1) is 10.3. The Morgan fingerprint density at radius 2 is 1.76 bits per heavy atom. The molecular formula is C19H21BrO. The molecule has 1 aliphatic rings. The van der Waals surface area contributed by atoms with E-state index in [0.29, 0.717) is 0 Å². The van der Waals surface area contributed by atoms with Crippen molar-refractivity contribution < 1.29 is 4.74 Å². The first-order valence-corrected chi connectivity index (χ1v) is 8.78. The van der Waals surface area contributed by atoms with E-state index >= 15 is 0 Å². The van der Waals surface area contributed by atoms with Crippen LogP contribution in [0.5, 0.6) is 5.75 Å². The van der Waals surface area contributed by atoms with Gasteiger partial charge in [-0.3, -0.25) is 0 Å². The van der Waals surface area contributed by atoms with Crippen LogP contribution < -0.4 is 4.74 Å². The molecule has 2 aromatic rings. The van der Waals surface area contributed by atoms with Crippen molar-refractivity contribution in [2.45, 2.75) is 31.1 Å². The molecule has 1 unspecified atom stereocenters. The smallest absolute Gasteiger partial charge is 0.119 e. The summed E-state index contributed by atoms with van der Waals surface area (Å²) in [5.74, 6) is 0.964. The summed E-state index contributed by atoms with van der Waals surface area (Å²) in [4.78, 5) is 0. The summed E-state index contributed by atoms with van der Waals surface area (Å²) in [6.45, 7) is 0.768. The maximum Gasteiger partial charge on any atom is 0.119 e. The maximum absolute atomic E-state index is 5.93. The number of hydrogen-bond acceptors (Lipinski definition) is 1. The lowest BCUT2D eigenvalue weighted by atomic mass is 9.69. The van der Waals surface area contributed by atoms with Gasteiger partial charge in [-0.25, -0.2) is 0 Å². The Morgan fingerprint density at radius 3 is 2.57 bits per heavy atom. The van der Waals surface area contributed by atoms with Gasteiger partial charge < -0.3 is 4.74 Å². The molecule has 1 aliphatic carbocycles. The summed E-state index contributed by atoms with van der Waals surface area (Å²) in [6.07, 6.45) is 4.79. The van der Waals surface area contributed by atoms with Crippen LogP contribution in [0.3, 0.4) is 0 Å². The van der Waals surface area contributed by atoms with Crippen molar-refractivity contribution in [2.75, 3.05) is 11.9 Å². The molecule has 0 aliphatic heterocycles. The first-order valence-electron chi connectivity index (χ1n) is 7.66. The zero-order valence-corrected chi connectivity index (χ0v) is 13.8. The van der Waals surface area contributed by atoms with Crippen LogP contribution >= 0.6 is 15.9 Å². The zero-order valence-electron chi connectivity index (χ0n) is 12.2. The van der Waals surface area contributed by atoms with Crippen molar-refractivity contribution in [1.82, 2.24) is 0 Å². The van der Waals surface area contributed by atoms with Crippen LogP contribution in [-0.2, 0) is 11.8 Å². The second kappa shape index (κ2) is 6.65. The Labute approximate surface area is 135 Å². The summed E-state index contributed by atoms with van der Waals surface area (Å²) >= 11 is 3.77. The molecule has 0 bridgehead atoms. The van der Waals surface area contributed by atoms with E-state index < -0.39 is 0 Å².